The molecule has 9 heavy (non-hydrogen) atoms. The second kappa shape index (κ2) is 7.11. The third-order valence-electron chi connectivity index (χ3n) is 0.700. The summed E-state index contributed by atoms with van der Waals surface area (Å²) < 4.78 is 4.71. The molecule has 0 saturated carbocycles. The molecule has 0 amide bonds. The number of methoxy groups -OCH3 is 1. The van der Waals surface area contributed by atoms with Crippen LogP contribution in [-0.4, -0.2) is 20.0 Å². The van der Waals surface area contributed by atoms with Crippen molar-refractivity contribution in [1.29, 1.82) is 0 Å². The lowest BCUT2D eigenvalue weighted by molar-refractivity contribution is -0.104. The molecule has 0 rings (SSSR count). The highest BCUT2D eigenvalue weighted by atomic mass is 16.5. The lowest BCUT2D eigenvalue weighted by atomic mass is 10.4. The van der Waals surface area contributed by atoms with Crippen molar-refractivity contribution in [2.75, 3.05) is 13.7 Å². The van der Waals surface area contributed by atoms with Crippen LogP contribution in [0.25, 0.3) is 0 Å². The van der Waals surface area contributed by atoms with Gasteiger partial charge in [-0.3, -0.25) is 4.79 Å². The van der Waals surface area contributed by atoms with Crippen LogP contribution >= 0.6 is 0 Å². The van der Waals surface area contributed by atoms with E-state index in [0.717, 1.165) is 6.29 Å². The van der Waals surface area contributed by atoms with Gasteiger partial charge in [-0.05, 0) is 6.08 Å². The molecule has 0 spiro atoms. The molecule has 0 aromatic heterocycles. The van der Waals surface area contributed by atoms with Crippen molar-refractivity contribution in [3.05, 3.63) is 24.3 Å². The number of carbonyl (C=O) groups excluding carboxylic acids is 1. The topological polar surface area (TPSA) is 26.3 Å². The molecular formula is C7H10O2. The predicted octanol–water partition coefficient (Wildman–Crippen LogP) is 0.944. The monoisotopic (exact) mass is 126 g/mol. The Labute approximate surface area is 54.8 Å². The van der Waals surface area contributed by atoms with Crippen LogP contribution in [-0.2, 0) is 9.53 Å². The molecule has 0 saturated heterocycles. The second-order valence-corrected chi connectivity index (χ2v) is 1.40. The minimum absolute atomic E-state index is 0.587. The third-order valence-corrected chi connectivity index (χ3v) is 0.700. The van der Waals surface area contributed by atoms with Crippen LogP contribution < -0.4 is 0 Å². The highest BCUT2D eigenvalue weighted by Gasteiger charge is 1.66. The first-order chi connectivity index (χ1) is 4.41. The van der Waals surface area contributed by atoms with E-state index >= 15 is 0 Å². The van der Waals surface area contributed by atoms with E-state index in [-0.39, 0.29) is 0 Å². The Hall–Kier alpha value is -0.890. The lowest BCUT2D eigenvalue weighted by Crippen LogP contribution is -1.78. The maximum Gasteiger partial charge on any atom is 0.142 e. The Morgan fingerprint density at radius 2 is 2.11 bits per heavy atom. The molecule has 0 radical (unpaired) electrons. The average Bonchev–Trinajstić information content (AvgIpc) is 1.89. The van der Waals surface area contributed by atoms with E-state index in [2.05, 4.69) is 0 Å². The number of rotatable bonds is 4. The van der Waals surface area contributed by atoms with Crippen molar-refractivity contribution < 1.29 is 9.53 Å². The van der Waals surface area contributed by atoms with E-state index < -0.39 is 0 Å². The molecule has 0 N–H and O–H groups in total. The van der Waals surface area contributed by atoms with E-state index in [0.29, 0.717) is 6.61 Å². The van der Waals surface area contributed by atoms with Gasteiger partial charge >= 0.3 is 0 Å². The SMILES string of the molecule is COC/C=C/C=C/C=O. The van der Waals surface area contributed by atoms with E-state index in [9.17, 15) is 4.79 Å². The summed E-state index contributed by atoms with van der Waals surface area (Å²) in [6, 6.07) is 0. The maximum absolute atomic E-state index is 9.69. The molecule has 0 atom stereocenters. The number of carbonyl (C=O) groups is 1. The summed E-state index contributed by atoms with van der Waals surface area (Å²) in [6.45, 7) is 0.587. The number of ether oxygens (including phenoxy) is 1. The van der Waals surface area contributed by atoms with Crippen molar-refractivity contribution >= 4 is 6.29 Å². The highest BCUT2D eigenvalue weighted by Crippen LogP contribution is 1.75. The van der Waals surface area contributed by atoms with E-state index in [1.807, 2.05) is 6.08 Å². The Balaban J connectivity index is 3.23. The summed E-state index contributed by atoms with van der Waals surface area (Å²) in [5.74, 6) is 0. The first kappa shape index (κ1) is 8.11. The predicted molar refractivity (Wildman–Crippen MR) is 36.2 cm³/mol. The number of aldehydes is 1. The molecule has 0 aromatic carbocycles. The number of hydrogen-bond donors (Lipinski definition) is 0. The minimum Gasteiger partial charge on any atom is -0.381 e. The lowest BCUT2D eigenvalue weighted by Gasteiger charge is -1.82. The van der Waals surface area contributed by atoms with Crippen LogP contribution in [0.5, 0.6) is 0 Å². The molecular weight excluding hydrogens is 116 g/mol. The smallest absolute Gasteiger partial charge is 0.142 e. The fourth-order valence-electron chi connectivity index (χ4n) is 0.340. The van der Waals surface area contributed by atoms with Gasteiger partial charge in [-0.25, -0.2) is 0 Å². The van der Waals surface area contributed by atoms with Gasteiger partial charge in [0.1, 0.15) is 6.29 Å². The molecule has 2 nitrogen and oxygen atoms in total. The quantitative estimate of drug-likeness (QED) is 0.318. The number of allylic oxidation sites excluding steroid dienone is 3. The van der Waals surface area contributed by atoms with Crippen molar-refractivity contribution in [1.82, 2.24) is 0 Å². The zero-order valence-electron chi connectivity index (χ0n) is 5.41. The number of hydrogen-bond acceptors (Lipinski definition) is 2. The maximum atomic E-state index is 9.69. The van der Waals surface area contributed by atoms with Crippen LogP contribution in [0.2, 0.25) is 0 Å². The summed E-state index contributed by atoms with van der Waals surface area (Å²) in [6.07, 6.45) is 7.40. The summed E-state index contributed by atoms with van der Waals surface area (Å²) in [7, 11) is 1.62. The molecule has 0 bridgehead atoms. The molecule has 0 heterocycles. The Bertz CT molecular complexity index is 114. The van der Waals surface area contributed by atoms with Crippen LogP contribution in [0, 0.1) is 0 Å². The Morgan fingerprint density at radius 1 is 1.33 bits per heavy atom. The molecule has 0 aliphatic rings. The van der Waals surface area contributed by atoms with Gasteiger partial charge in [0.2, 0.25) is 0 Å². The largest absolute Gasteiger partial charge is 0.381 e. The van der Waals surface area contributed by atoms with Crippen LogP contribution in [0.4, 0.5) is 0 Å². The van der Waals surface area contributed by atoms with Crippen molar-refractivity contribution in [3.63, 3.8) is 0 Å². The summed E-state index contributed by atoms with van der Waals surface area (Å²) in [5, 5.41) is 0. The van der Waals surface area contributed by atoms with Crippen molar-refractivity contribution in [2.45, 2.75) is 0 Å². The third kappa shape index (κ3) is 7.11. The Kier molecular flexibility index (Phi) is 6.41. The van der Waals surface area contributed by atoms with E-state index in [4.69, 9.17) is 4.74 Å². The summed E-state index contributed by atoms with van der Waals surface area (Å²) >= 11 is 0. The molecule has 0 aliphatic heterocycles. The molecule has 0 unspecified atom stereocenters. The van der Waals surface area contributed by atoms with Crippen LogP contribution in [0.3, 0.4) is 0 Å². The van der Waals surface area contributed by atoms with Gasteiger partial charge in [0.05, 0.1) is 6.61 Å². The van der Waals surface area contributed by atoms with Crippen molar-refractivity contribution in [3.8, 4) is 0 Å². The standard InChI is InChI=1S/C7H10O2/c1-9-7-5-3-2-4-6-8/h2-6H,7H2,1H3/b4-2+,5-3+. The average molecular weight is 126 g/mol. The normalized spacial score (nSPS) is 11.2. The molecule has 0 aromatic rings. The fourth-order valence-corrected chi connectivity index (χ4v) is 0.340. The van der Waals surface area contributed by atoms with E-state index in [1.54, 1.807) is 19.3 Å². The van der Waals surface area contributed by atoms with Crippen molar-refractivity contribution in [2.24, 2.45) is 0 Å². The van der Waals surface area contributed by atoms with Crippen LogP contribution in [0.15, 0.2) is 24.3 Å². The highest BCUT2D eigenvalue weighted by molar-refractivity contribution is 5.65. The van der Waals surface area contributed by atoms with Gasteiger partial charge in [0.15, 0.2) is 0 Å². The van der Waals surface area contributed by atoms with Gasteiger partial charge < -0.3 is 4.74 Å². The van der Waals surface area contributed by atoms with Gasteiger partial charge in [-0.1, -0.05) is 18.2 Å². The zero-order valence-corrected chi connectivity index (χ0v) is 5.41. The zero-order chi connectivity index (χ0) is 6.95. The minimum atomic E-state index is 0.587. The van der Waals surface area contributed by atoms with Gasteiger partial charge in [0, 0.05) is 7.11 Å². The summed E-state index contributed by atoms with van der Waals surface area (Å²) in [5.41, 5.74) is 0. The Morgan fingerprint density at radius 3 is 2.67 bits per heavy atom. The first-order valence-electron chi connectivity index (χ1n) is 2.67. The molecule has 50 valence electrons. The first-order valence-corrected chi connectivity index (χ1v) is 2.67. The molecule has 0 aliphatic carbocycles. The van der Waals surface area contributed by atoms with Gasteiger partial charge in [-0.15, -0.1) is 0 Å². The summed E-state index contributed by atoms with van der Waals surface area (Å²) in [4.78, 5) is 9.69. The molecule has 2 heteroatoms. The van der Waals surface area contributed by atoms with E-state index in [1.165, 1.54) is 6.08 Å². The van der Waals surface area contributed by atoms with Gasteiger partial charge in [0.25, 0.3) is 0 Å². The molecule has 0 fully saturated rings. The fraction of sp³-hybridized carbons (Fsp3) is 0.286. The second-order valence-electron chi connectivity index (χ2n) is 1.40. The van der Waals surface area contributed by atoms with Gasteiger partial charge in [-0.2, -0.15) is 0 Å². The van der Waals surface area contributed by atoms with Crippen LogP contribution in [0.1, 0.15) is 0 Å².